The Balaban J connectivity index is 1.46. The van der Waals surface area contributed by atoms with Gasteiger partial charge in [0.15, 0.2) is 0 Å². The predicted octanol–water partition coefficient (Wildman–Crippen LogP) is 5.26. The maximum absolute atomic E-state index is 12.1. The van der Waals surface area contributed by atoms with Crippen molar-refractivity contribution in [3.63, 3.8) is 0 Å². The van der Waals surface area contributed by atoms with Crippen molar-refractivity contribution >= 4 is 52.1 Å². The lowest BCUT2D eigenvalue weighted by Crippen LogP contribution is -2.22. The normalized spacial score (nSPS) is 16.2. The molecular formula is C19H19Cl3N2O3. The number of benzene rings is 2. The second-order valence-corrected chi connectivity index (χ2v) is 7.34. The third-order valence-corrected chi connectivity index (χ3v) is 5.09. The SMILES string of the molecule is O=C(CNc1ccc(OCC2CCCO2)cc1)Nc1cc(Cl)c(Cl)cc1Cl. The van der Waals surface area contributed by atoms with E-state index in [2.05, 4.69) is 10.6 Å². The van der Waals surface area contributed by atoms with Crippen LogP contribution in [0.1, 0.15) is 12.8 Å². The van der Waals surface area contributed by atoms with Gasteiger partial charge in [-0.3, -0.25) is 4.79 Å². The Hall–Kier alpha value is -1.66. The number of amides is 1. The van der Waals surface area contributed by atoms with Crippen LogP contribution in [-0.2, 0) is 9.53 Å². The molecule has 2 N–H and O–H groups in total. The van der Waals surface area contributed by atoms with Crippen LogP contribution in [0.5, 0.6) is 5.75 Å². The monoisotopic (exact) mass is 428 g/mol. The highest BCUT2D eigenvalue weighted by atomic mass is 35.5. The van der Waals surface area contributed by atoms with Crippen LogP contribution in [0.2, 0.25) is 15.1 Å². The molecule has 27 heavy (non-hydrogen) atoms. The van der Waals surface area contributed by atoms with Crippen molar-refractivity contribution < 1.29 is 14.3 Å². The third kappa shape index (κ3) is 5.91. The summed E-state index contributed by atoms with van der Waals surface area (Å²) >= 11 is 17.9. The highest BCUT2D eigenvalue weighted by molar-refractivity contribution is 6.44. The Bertz CT molecular complexity index is 794. The maximum Gasteiger partial charge on any atom is 0.243 e. The molecule has 1 aliphatic heterocycles. The van der Waals surface area contributed by atoms with Crippen molar-refractivity contribution in [2.45, 2.75) is 18.9 Å². The molecule has 0 aromatic heterocycles. The molecule has 2 aromatic carbocycles. The van der Waals surface area contributed by atoms with Gasteiger partial charge in [-0.15, -0.1) is 0 Å². The number of carbonyl (C=O) groups excluding carboxylic acids is 1. The highest BCUT2D eigenvalue weighted by Gasteiger charge is 2.16. The number of rotatable bonds is 7. The van der Waals surface area contributed by atoms with E-state index in [0.717, 1.165) is 30.9 Å². The molecule has 1 amide bonds. The molecule has 8 heteroatoms. The van der Waals surface area contributed by atoms with Crippen LogP contribution in [0.4, 0.5) is 11.4 Å². The minimum absolute atomic E-state index is 0.0761. The van der Waals surface area contributed by atoms with Crippen LogP contribution in [0, 0.1) is 0 Å². The number of halogens is 3. The van der Waals surface area contributed by atoms with Crippen LogP contribution in [0.3, 0.4) is 0 Å². The fourth-order valence-corrected chi connectivity index (χ4v) is 3.22. The molecule has 1 saturated heterocycles. The van der Waals surface area contributed by atoms with Gasteiger partial charge in [0.2, 0.25) is 5.91 Å². The number of ether oxygens (including phenoxy) is 2. The molecule has 0 radical (unpaired) electrons. The molecule has 2 aromatic rings. The zero-order chi connectivity index (χ0) is 19.2. The van der Waals surface area contributed by atoms with Gasteiger partial charge >= 0.3 is 0 Å². The molecule has 0 saturated carbocycles. The van der Waals surface area contributed by atoms with E-state index in [1.165, 1.54) is 12.1 Å². The predicted molar refractivity (Wildman–Crippen MR) is 110 cm³/mol. The lowest BCUT2D eigenvalue weighted by Gasteiger charge is -2.12. The van der Waals surface area contributed by atoms with Crippen molar-refractivity contribution in [2.24, 2.45) is 0 Å². The minimum atomic E-state index is -0.256. The smallest absolute Gasteiger partial charge is 0.243 e. The summed E-state index contributed by atoms with van der Waals surface area (Å²) in [5.41, 5.74) is 1.21. The zero-order valence-corrected chi connectivity index (χ0v) is 16.7. The summed E-state index contributed by atoms with van der Waals surface area (Å²) in [6.07, 6.45) is 2.31. The number of hydrogen-bond donors (Lipinski definition) is 2. The molecule has 0 bridgehead atoms. The standard InChI is InChI=1S/C19H19Cl3N2O3/c20-15-8-17(22)18(9-16(15)21)24-19(25)10-23-12-3-5-13(6-4-12)27-11-14-2-1-7-26-14/h3-6,8-9,14,23H,1-2,7,10-11H2,(H,24,25). The summed E-state index contributed by atoms with van der Waals surface area (Å²) in [5.74, 6) is 0.511. The minimum Gasteiger partial charge on any atom is -0.491 e. The van der Waals surface area contributed by atoms with Crippen molar-refractivity contribution in [3.05, 3.63) is 51.5 Å². The van der Waals surface area contributed by atoms with Gasteiger partial charge in [-0.1, -0.05) is 34.8 Å². The first-order valence-electron chi connectivity index (χ1n) is 8.54. The molecule has 0 spiro atoms. The van der Waals surface area contributed by atoms with Gasteiger partial charge in [-0.25, -0.2) is 0 Å². The molecule has 144 valence electrons. The number of nitrogens with one attached hydrogen (secondary N) is 2. The van der Waals surface area contributed by atoms with E-state index < -0.39 is 0 Å². The van der Waals surface area contributed by atoms with Crippen LogP contribution in [0.25, 0.3) is 0 Å². The summed E-state index contributed by atoms with van der Waals surface area (Å²) in [5, 5.41) is 6.72. The van der Waals surface area contributed by atoms with Gasteiger partial charge < -0.3 is 20.1 Å². The van der Waals surface area contributed by atoms with Crippen LogP contribution in [-0.4, -0.2) is 31.8 Å². The summed E-state index contributed by atoms with van der Waals surface area (Å²) in [4.78, 5) is 12.1. The molecule has 1 fully saturated rings. The summed E-state index contributed by atoms with van der Waals surface area (Å²) < 4.78 is 11.2. The molecule has 3 rings (SSSR count). The van der Waals surface area contributed by atoms with Crippen LogP contribution < -0.4 is 15.4 Å². The van der Waals surface area contributed by atoms with E-state index in [9.17, 15) is 4.79 Å². The lowest BCUT2D eigenvalue weighted by molar-refractivity contribution is -0.114. The summed E-state index contributed by atoms with van der Waals surface area (Å²) in [7, 11) is 0. The van der Waals surface area contributed by atoms with E-state index in [0.29, 0.717) is 27.4 Å². The number of anilines is 2. The fourth-order valence-electron chi connectivity index (χ4n) is 2.63. The van der Waals surface area contributed by atoms with Gasteiger partial charge in [0.05, 0.1) is 33.4 Å². The quantitative estimate of drug-likeness (QED) is 0.590. The Labute approximate surface area is 172 Å². The Kier molecular flexibility index (Phi) is 7.07. The summed E-state index contributed by atoms with van der Waals surface area (Å²) in [6, 6.07) is 10.4. The van der Waals surface area contributed by atoms with E-state index in [4.69, 9.17) is 44.3 Å². The Morgan fingerprint density at radius 3 is 2.56 bits per heavy atom. The largest absolute Gasteiger partial charge is 0.491 e. The first kappa shape index (κ1) is 20.1. The van der Waals surface area contributed by atoms with Crippen LogP contribution in [0.15, 0.2) is 36.4 Å². The van der Waals surface area contributed by atoms with Crippen molar-refractivity contribution in [2.75, 3.05) is 30.4 Å². The van der Waals surface area contributed by atoms with E-state index in [1.807, 2.05) is 24.3 Å². The topological polar surface area (TPSA) is 59.6 Å². The second-order valence-electron chi connectivity index (χ2n) is 6.12. The second kappa shape index (κ2) is 9.51. The van der Waals surface area contributed by atoms with Crippen molar-refractivity contribution in [1.82, 2.24) is 0 Å². The maximum atomic E-state index is 12.1. The highest BCUT2D eigenvalue weighted by Crippen LogP contribution is 2.32. The lowest BCUT2D eigenvalue weighted by atomic mass is 10.2. The Morgan fingerprint density at radius 2 is 1.85 bits per heavy atom. The molecule has 0 aliphatic carbocycles. The van der Waals surface area contributed by atoms with E-state index in [1.54, 1.807) is 0 Å². The molecule has 5 nitrogen and oxygen atoms in total. The van der Waals surface area contributed by atoms with Crippen molar-refractivity contribution in [3.8, 4) is 5.75 Å². The van der Waals surface area contributed by atoms with Gasteiger partial charge in [0, 0.05) is 12.3 Å². The molecular weight excluding hydrogens is 411 g/mol. The average Bonchev–Trinajstić information content (AvgIpc) is 3.17. The first-order valence-corrected chi connectivity index (χ1v) is 9.67. The van der Waals surface area contributed by atoms with Crippen molar-refractivity contribution in [1.29, 1.82) is 0 Å². The molecule has 1 atom stereocenters. The van der Waals surface area contributed by atoms with Gasteiger partial charge in [-0.2, -0.15) is 0 Å². The molecule has 1 aliphatic rings. The van der Waals surface area contributed by atoms with E-state index >= 15 is 0 Å². The fraction of sp³-hybridized carbons (Fsp3) is 0.316. The first-order chi connectivity index (χ1) is 13.0. The van der Waals surface area contributed by atoms with Gasteiger partial charge in [0.25, 0.3) is 0 Å². The number of carbonyl (C=O) groups is 1. The zero-order valence-electron chi connectivity index (χ0n) is 14.4. The molecule has 1 heterocycles. The number of hydrogen-bond acceptors (Lipinski definition) is 4. The van der Waals surface area contributed by atoms with Gasteiger partial charge in [0.1, 0.15) is 12.4 Å². The van der Waals surface area contributed by atoms with E-state index in [-0.39, 0.29) is 18.6 Å². The Morgan fingerprint density at radius 1 is 1.11 bits per heavy atom. The average molecular weight is 430 g/mol. The summed E-state index contributed by atoms with van der Waals surface area (Å²) in [6.45, 7) is 1.44. The molecule has 1 unspecified atom stereocenters. The van der Waals surface area contributed by atoms with Crippen LogP contribution >= 0.6 is 34.8 Å². The van der Waals surface area contributed by atoms with Gasteiger partial charge in [-0.05, 0) is 49.2 Å². The third-order valence-electron chi connectivity index (χ3n) is 4.05.